The van der Waals surface area contributed by atoms with E-state index in [0.29, 0.717) is 12.0 Å². The van der Waals surface area contributed by atoms with Crippen LogP contribution in [0.5, 0.6) is 11.5 Å². The van der Waals surface area contributed by atoms with Crippen LogP contribution in [0.4, 0.5) is 4.39 Å². The van der Waals surface area contributed by atoms with Crippen LogP contribution in [0.1, 0.15) is 30.5 Å². The fourth-order valence-electron chi connectivity index (χ4n) is 3.40. The fourth-order valence-corrected chi connectivity index (χ4v) is 3.59. The Hall–Kier alpha value is -3.06. The summed E-state index contributed by atoms with van der Waals surface area (Å²) in [7, 11) is 1.34. The molecule has 2 N–H and O–H groups in total. The second-order valence-corrected chi connectivity index (χ2v) is 6.96. The number of rotatable bonds is 5. The number of Topliss-reactive ketones (excluding diaryl/α,β-unsaturated/α-hetero) is 1. The summed E-state index contributed by atoms with van der Waals surface area (Å²) >= 11 is 6.02. The molecular weight excluding hydrogens is 401 g/mol. The maximum Gasteiger partial charge on any atom is 0.295 e. The third-order valence-electron chi connectivity index (χ3n) is 4.71. The topological polar surface area (TPSA) is 87.1 Å². The molecule has 1 atom stereocenters. The van der Waals surface area contributed by atoms with Crippen LogP contribution in [-0.2, 0) is 9.59 Å². The van der Waals surface area contributed by atoms with E-state index in [-0.39, 0.29) is 34.2 Å². The molecule has 3 rings (SSSR count). The van der Waals surface area contributed by atoms with Gasteiger partial charge in [0.25, 0.3) is 11.7 Å². The summed E-state index contributed by atoms with van der Waals surface area (Å²) in [6.45, 7) is 2.10. The number of ether oxygens (including phenoxy) is 1. The number of halogens is 2. The lowest BCUT2D eigenvalue weighted by Gasteiger charge is -2.25. The number of nitrogens with zero attached hydrogens (tertiary/aromatic N) is 1. The summed E-state index contributed by atoms with van der Waals surface area (Å²) in [6, 6.07) is 6.83. The summed E-state index contributed by atoms with van der Waals surface area (Å²) in [5, 5.41) is 20.7. The number of aliphatic hydroxyl groups excluding tert-OH is 1. The quantitative estimate of drug-likeness (QED) is 0.434. The lowest BCUT2D eigenvalue weighted by atomic mass is 9.95. The van der Waals surface area contributed by atoms with Gasteiger partial charge in [-0.3, -0.25) is 9.59 Å². The molecule has 0 radical (unpaired) electrons. The van der Waals surface area contributed by atoms with E-state index in [4.69, 9.17) is 16.3 Å². The van der Waals surface area contributed by atoms with Crippen LogP contribution in [0.3, 0.4) is 0 Å². The van der Waals surface area contributed by atoms with Crippen LogP contribution in [0, 0.1) is 5.82 Å². The first-order valence-electron chi connectivity index (χ1n) is 8.90. The summed E-state index contributed by atoms with van der Waals surface area (Å²) in [5.41, 5.74) is 0.184. The molecule has 1 aliphatic heterocycles. The number of phenols is 1. The zero-order chi connectivity index (χ0) is 21.3. The molecule has 1 fully saturated rings. The highest BCUT2D eigenvalue weighted by Crippen LogP contribution is 2.42. The number of aromatic hydroxyl groups is 1. The fraction of sp³-hybridized carbons (Fsp3) is 0.238. The average molecular weight is 420 g/mol. The third-order valence-corrected chi connectivity index (χ3v) is 5.01. The van der Waals surface area contributed by atoms with Crippen molar-refractivity contribution in [2.45, 2.75) is 19.4 Å². The van der Waals surface area contributed by atoms with Crippen LogP contribution < -0.4 is 4.74 Å². The molecule has 2 aromatic rings. The highest BCUT2D eigenvalue weighted by Gasteiger charge is 2.46. The number of amides is 1. The average Bonchev–Trinajstić information content (AvgIpc) is 2.95. The van der Waals surface area contributed by atoms with E-state index in [1.54, 1.807) is 0 Å². The van der Waals surface area contributed by atoms with E-state index in [1.807, 2.05) is 6.92 Å². The number of methoxy groups -OCH3 is 1. The maximum absolute atomic E-state index is 13.8. The lowest BCUT2D eigenvalue weighted by Crippen LogP contribution is -2.30. The Morgan fingerprint density at radius 2 is 1.97 bits per heavy atom. The molecule has 29 heavy (non-hydrogen) atoms. The van der Waals surface area contributed by atoms with Gasteiger partial charge in [0.2, 0.25) is 0 Å². The molecule has 0 aliphatic carbocycles. The predicted octanol–water partition coefficient (Wildman–Crippen LogP) is 4.03. The molecule has 1 aliphatic rings. The Morgan fingerprint density at radius 3 is 2.59 bits per heavy atom. The van der Waals surface area contributed by atoms with Crippen LogP contribution >= 0.6 is 11.6 Å². The number of carbonyl (C=O) groups is 2. The molecule has 2 aromatic carbocycles. The van der Waals surface area contributed by atoms with Crippen molar-refractivity contribution in [3.8, 4) is 11.5 Å². The van der Waals surface area contributed by atoms with E-state index >= 15 is 0 Å². The van der Waals surface area contributed by atoms with Crippen molar-refractivity contribution < 1.29 is 28.9 Å². The standard InChI is InChI=1S/C21H19ClFNO5/c1-3-8-24-18(11-4-6-15(25)14(22)9-11)17(20(27)21(24)28)19(26)13-10-12(23)5-7-16(13)29-2/h4-7,9-10,18,25-26H,3,8H2,1-2H3/b19-17+. The largest absolute Gasteiger partial charge is 0.507 e. The van der Waals surface area contributed by atoms with Crippen molar-refractivity contribution in [3.05, 3.63) is 63.9 Å². The predicted molar refractivity (Wildman–Crippen MR) is 105 cm³/mol. The first-order chi connectivity index (χ1) is 13.8. The van der Waals surface area contributed by atoms with Crippen LogP contribution in [0.2, 0.25) is 5.02 Å². The van der Waals surface area contributed by atoms with Crippen LogP contribution in [-0.4, -0.2) is 40.5 Å². The second-order valence-electron chi connectivity index (χ2n) is 6.55. The smallest absolute Gasteiger partial charge is 0.295 e. The molecule has 0 saturated carbocycles. The van der Waals surface area contributed by atoms with E-state index in [2.05, 4.69) is 0 Å². The minimum Gasteiger partial charge on any atom is -0.507 e. The van der Waals surface area contributed by atoms with Gasteiger partial charge in [0, 0.05) is 6.54 Å². The second kappa shape index (κ2) is 8.13. The number of carbonyl (C=O) groups excluding carboxylic acids is 2. The Bertz CT molecular complexity index is 1020. The molecule has 152 valence electrons. The molecule has 8 heteroatoms. The highest BCUT2D eigenvalue weighted by molar-refractivity contribution is 6.46. The minimum absolute atomic E-state index is 0.0351. The molecule has 1 amide bonds. The normalized spacial score (nSPS) is 18.3. The molecular formula is C21H19ClFNO5. The molecule has 0 bridgehead atoms. The van der Waals surface area contributed by atoms with Gasteiger partial charge in [-0.2, -0.15) is 0 Å². The first-order valence-corrected chi connectivity index (χ1v) is 9.28. The summed E-state index contributed by atoms with van der Waals surface area (Å²) < 4.78 is 19.0. The van der Waals surface area contributed by atoms with Crippen molar-refractivity contribution in [2.75, 3.05) is 13.7 Å². The van der Waals surface area contributed by atoms with Crippen LogP contribution in [0.15, 0.2) is 42.0 Å². The maximum atomic E-state index is 13.8. The number of benzene rings is 2. The van der Waals surface area contributed by atoms with Gasteiger partial charge in [0.1, 0.15) is 23.1 Å². The number of hydrogen-bond acceptors (Lipinski definition) is 5. The van der Waals surface area contributed by atoms with Gasteiger partial charge >= 0.3 is 0 Å². The Labute approximate surface area is 171 Å². The summed E-state index contributed by atoms with van der Waals surface area (Å²) in [4.78, 5) is 26.8. The number of ketones is 1. The summed E-state index contributed by atoms with van der Waals surface area (Å²) in [5.74, 6) is -2.87. The Morgan fingerprint density at radius 1 is 1.24 bits per heavy atom. The van der Waals surface area contributed by atoms with Crippen molar-refractivity contribution in [1.29, 1.82) is 0 Å². The van der Waals surface area contributed by atoms with Gasteiger partial charge in [-0.05, 0) is 42.3 Å². The SMILES string of the molecule is CCCN1C(=O)C(=O)/C(=C(/O)c2cc(F)ccc2OC)C1c1ccc(O)c(Cl)c1. The third kappa shape index (κ3) is 3.65. The van der Waals surface area contributed by atoms with E-state index in [9.17, 15) is 24.2 Å². The Balaban J connectivity index is 2.27. The van der Waals surface area contributed by atoms with Gasteiger partial charge < -0.3 is 19.8 Å². The summed E-state index contributed by atoms with van der Waals surface area (Å²) in [6.07, 6.45) is 0.568. The molecule has 1 heterocycles. The molecule has 1 saturated heterocycles. The van der Waals surface area contributed by atoms with Gasteiger partial charge in [-0.25, -0.2) is 4.39 Å². The van der Waals surface area contributed by atoms with Gasteiger partial charge in [-0.1, -0.05) is 24.6 Å². The number of likely N-dealkylation sites (tertiary alicyclic amines) is 1. The molecule has 6 nitrogen and oxygen atoms in total. The van der Waals surface area contributed by atoms with Crippen LogP contribution in [0.25, 0.3) is 5.76 Å². The zero-order valence-electron chi connectivity index (χ0n) is 15.8. The number of hydrogen-bond donors (Lipinski definition) is 2. The van der Waals surface area contributed by atoms with E-state index in [1.165, 1.54) is 36.3 Å². The van der Waals surface area contributed by atoms with Crippen molar-refractivity contribution >= 4 is 29.1 Å². The molecule has 0 spiro atoms. The minimum atomic E-state index is -0.943. The van der Waals surface area contributed by atoms with Crippen molar-refractivity contribution in [1.82, 2.24) is 4.90 Å². The number of aliphatic hydroxyl groups is 1. The van der Waals surface area contributed by atoms with E-state index in [0.717, 1.165) is 12.1 Å². The number of phenolic OH excluding ortho intramolecular Hbond substituents is 1. The lowest BCUT2D eigenvalue weighted by molar-refractivity contribution is -0.139. The van der Waals surface area contributed by atoms with Gasteiger partial charge in [-0.15, -0.1) is 0 Å². The molecule has 1 unspecified atom stereocenters. The monoisotopic (exact) mass is 419 g/mol. The highest BCUT2D eigenvalue weighted by atomic mass is 35.5. The molecule has 0 aromatic heterocycles. The van der Waals surface area contributed by atoms with Crippen molar-refractivity contribution in [3.63, 3.8) is 0 Å². The Kier molecular flexibility index (Phi) is 5.79. The van der Waals surface area contributed by atoms with Gasteiger partial charge in [0.05, 0.1) is 29.3 Å². The van der Waals surface area contributed by atoms with E-state index < -0.39 is 29.3 Å². The van der Waals surface area contributed by atoms with Gasteiger partial charge in [0.15, 0.2) is 0 Å². The first kappa shape index (κ1) is 20.7. The van der Waals surface area contributed by atoms with Crippen molar-refractivity contribution in [2.24, 2.45) is 0 Å². The zero-order valence-corrected chi connectivity index (χ0v) is 16.5.